The van der Waals surface area contributed by atoms with Gasteiger partial charge in [0.25, 0.3) is 10.1 Å². The van der Waals surface area contributed by atoms with E-state index in [1.807, 2.05) is 0 Å². The van der Waals surface area contributed by atoms with E-state index in [1.165, 1.54) is 30.3 Å². The molecule has 0 aliphatic rings. The van der Waals surface area contributed by atoms with Crippen molar-refractivity contribution in [2.75, 3.05) is 27.4 Å². The Kier molecular flexibility index (Phi) is 9.19. The first kappa shape index (κ1) is 28.5. The van der Waals surface area contributed by atoms with Crippen molar-refractivity contribution in [3.8, 4) is 17.2 Å². The van der Waals surface area contributed by atoms with Gasteiger partial charge in [-0.1, -0.05) is 6.07 Å². The number of hydrogen-bond acceptors (Lipinski definition) is 12. The number of ether oxygens (including phenoxy) is 1. The first-order valence-electron chi connectivity index (χ1n) is 9.43. The number of phenols is 2. The van der Waals surface area contributed by atoms with E-state index in [2.05, 4.69) is 18.6 Å². The van der Waals surface area contributed by atoms with Crippen molar-refractivity contribution in [1.29, 1.82) is 0 Å². The van der Waals surface area contributed by atoms with E-state index in [0.717, 1.165) is 26.4 Å². The topological polar surface area (TPSA) is 181 Å². The van der Waals surface area contributed by atoms with Crippen molar-refractivity contribution in [3.05, 3.63) is 42.5 Å². The number of hydrogen-bond donors (Lipinski definition) is 3. The second kappa shape index (κ2) is 11.3. The van der Waals surface area contributed by atoms with Crippen molar-refractivity contribution < 1.29 is 62.3 Å². The Bertz CT molecular complexity index is 1470. The summed E-state index contributed by atoms with van der Waals surface area (Å²) in [5, 5.41) is 37.7. The van der Waals surface area contributed by atoms with E-state index in [4.69, 9.17) is 9.84 Å². The number of azo groups is 1. The minimum absolute atomic E-state index is 0. The largest absolute Gasteiger partial charge is 0.506 e. The monoisotopic (exact) mass is 575 g/mol. The van der Waals surface area contributed by atoms with Gasteiger partial charge in [-0.15, -0.1) is 10.2 Å². The number of phenolic OH excluding ortho intramolecular Hbond substituents is 2. The Morgan fingerprint density at radius 3 is 2.20 bits per heavy atom. The molecule has 3 aromatic carbocycles. The summed E-state index contributed by atoms with van der Waals surface area (Å²) in [5.74, 6) is -0.828. The maximum Gasteiger partial charge on any atom is 0.300 e. The molecule has 0 spiro atoms. The molecular weight excluding hydrogens is 556 g/mol. The molecule has 3 rings (SSSR count). The van der Waals surface area contributed by atoms with Gasteiger partial charge in [-0.25, -0.2) is 0 Å². The van der Waals surface area contributed by atoms with Crippen LogP contribution in [-0.2, 0) is 45.7 Å². The van der Waals surface area contributed by atoms with Gasteiger partial charge < -0.3 is 20.1 Å². The fourth-order valence-corrected chi connectivity index (χ4v) is 4.39. The van der Waals surface area contributed by atoms with Crippen molar-refractivity contribution >= 4 is 42.4 Å². The van der Waals surface area contributed by atoms with E-state index in [0.29, 0.717) is 0 Å². The van der Waals surface area contributed by atoms with Crippen LogP contribution in [0.4, 0.5) is 11.4 Å². The smallest absolute Gasteiger partial charge is 0.300 e. The summed E-state index contributed by atoms with van der Waals surface area (Å²) in [6.45, 7) is -0.241. The standard InChI is InChI=1S/C20H20N2O10S2.Cu/c1-30-33(26,27)14-4-5-15-12(9-14)10-18(34(28,29)31-2)20(25)19(15)22-21-16-11-13(32-8-7-23)3-6-17(16)24;/h3-6,9-11,23-25H,7-8H2,1-2H3;. The first-order valence-corrected chi connectivity index (χ1v) is 12.2. The molecule has 3 N–H and O–H groups in total. The predicted octanol–water partition coefficient (Wildman–Crippen LogP) is 2.71. The van der Waals surface area contributed by atoms with E-state index >= 15 is 0 Å². The fraction of sp³-hybridized carbons (Fsp3) is 0.200. The van der Waals surface area contributed by atoms with Gasteiger partial charge in [0.15, 0.2) is 5.75 Å². The van der Waals surface area contributed by atoms with Gasteiger partial charge in [0.2, 0.25) is 0 Å². The molecule has 0 fully saturated rings. The molecular formula is C20H20CuN2O10S2. The normalized spacial score (nSPS) is 12.1. The Labute approximate surface area is 211 Å². The Morgan fingerprint density at radius 2 is 1.57 bits per heavy atom. The molecule has 3 aromatic rings. The van der Waals surface area contributed by atoms with Crippen molar-refractivity contribution in [2.24, 2.45) is 10.2 Å². The molecule has 12 nitrogen and oxygen atoms in total. The summed E-state index contributed by atoms with van der Waals surface area (Å²) in [5.41, 5.74) is -0.405. The average molecular weight is 576 g/mol. The molecule has 0 amide bonds. The van der Waals surface area contributed by atoms with Gasteiger partial charge >= 0.3 is 10.1 Å². The zero-order valence-corrected chi connectivity index (χ0v) is 20.7. The zero-order chi connectivity index (χ0) is 25.1. The first-order chi connectivity index (χ1) is 16.0. The third-order valence-corrected chi connectivity index (χ3v) is 7.14. The van der Waals surface area contributed by atoms with E-state index in [1.54, 1.807) is 0 Å². The van der Waals surface area contributed by atoms with Crippen LogP contribution in [0.3, 0.4) is 0 Å². The summed E-state index contributed by atoms with van der Waals surface area (Å²) in [7, 11) is -6.67. The average Bonchev–Trinajstić information content (AvgIpc) is 2.82. The molecule has 0 saturated carbocycles. The van der Waals surface area contributed by atoms with Crippen LogP contribution in [0.5, 0.6) is 17.2 Å². The second-order valence-corrected chi connectivity index (χ2v) is 10.0. The van der Waals surface area contributed by atoms with Crippen LogP contribution in [-0.4, -0.2) is 59.6 Å². The van der Waals surface area contributed by atoms with E-state index in [9.17, 15) is 27.0 Å². The van der Waals surface area contributed by atoms with E-state index in [-0.39, 0.29) is 68.8 Å². The van der Waals surface area contributed by atoms with Crippen LogP contribution >= 0.6 is 0 Å². The summed E-state index contributed by atoms with van der Waals surface area (Å²) < 4.78 is 63.1. The summed E-state index contributed by atoms with van der Waals surface area (Å²) >= 11 is 0. The van der Waals surface area contributed by atoms with E-state index < -0.39 is 30.9 Å². The van der Waals surface area contributed by atoms with Crippen LogP contribution in [0.25, 0.3) is 10.8 Å². The van der Waals surface area contributed by atoms with Crippen LogP contribution < -0.4 is 4.74 Å². The molecule has 1 radical (unpaired) electrons. The van der Waals surface area contributed by atoms with Gasteiger partial charge in [-0.05, 0) is 35.7 Å². The molecule has 0 aliphatic heterocycles. The number of aromatic hydroxyl groups is 2. The molecule has 35 heavy (non-hydrogen) atoms. The zero-order valence-electron chi connectivity index (χ0n) is 18.2. The maximum absolute atomic E-state index is 12.4. The quantitative estimate of drug-likeness (QED) is 0.195. The Hall–Kier alpha value is -2.78. The van der Waals surface area contributed by atoms with Crippen LogP contribution in [0.2, 0.25) is 0 Å². The third kappa shape index (κ3) is 6.08. The second-order valence-electron chi connectivity index (χ2n) is 6.62. The van der Waals surface area contributed by atoms with Gasteiger partial charge in [-0.3, -0.25) is 8.37 Å². The van der Waals surface area contributed by atoms with Gasteiger partial charge in [-0.2, -0.15) is 16.8 Å². The molecule has 0 saturated heterocycles. The van der Waals surface area contributed by atoms with Gasteiger partial charge in [0.05, 0.1) is 25.7 Å². The Balaban J connectivity index is 0.00000432. The number of nitrogens with zero attached hydrogens (tertiary/aromatic N) is 2. The van der Waals surface area contributed by atoms with Crippen LogP contribution in [0, 0.1) is 0 Å². The molecule has 15 heteroatoms. The minimum Gasteiger partial charge on any atom is -0.506 e. The fourth-order valence-electron chi connectivity index (χ4n) is 2.90. The number of aliphatic hydroxyl groups excluding tert-OH is 1. The van der Waals surface area contributed by atoms with Gasteiger partial charge in [0.1, 0.15) is 34.4 Å². The molecule has 0 aromatic heterocycles. The third-order valence-electron chi connectivity index (χ3n) is 4.58. The maximum atomic E-state index is 12.4. The minimum atomic E-state index is -4.43. The number of rotatable bonds is 9. The van der Waals surface area contributed by atoms with Gasteiger partial charge in [0, 0.05) is 28.5 Å². The molecule has 0 heterocycles. The van der Waals surface area contributed by atoms with Crippen LogP contribution in [0.1, 0.15) is 0 Å². The van der Waals surface area contributed by atoms with Crippen molar-refractivity contribution in [2.45, 2.75) is 9.79 Å². The summed E-state index contributed by atoms with van der Waals surface area (Å²) in [6.07, 6.45) is 0. The molecule has 0 bridgehead atoms. The molecule has 0 unspecified atom stereocenters. The van der Waals surface area contributed by atoms with Crippen LogP contribution in [0.15, 0.2) is 62.5 Å². The molecule has 0 atom stereocenters. The number of benzene rings is 3. The number of aliphatic hydroxyl groups is 1. The molecule has 193 valence electrons. The molecule has 0 aliphatic carbocycles. The SMILES string of the molecule is COS(=O)(=O)c1ccc2c(N=Nc3cc(OCCO)ccc3O)c(O)c(S(=O)(=O)OC)cc2c1.[Cu]. The summed E-state index contributed by atoms with van der Waals surface area (Å²) in [6, 6.07) is 8.66. The van der Waals surface area contributed by atoms with Crippen molar-refractivity contribution in [1.82, 2.24) is 0 Å². The number of fused-ring (bicyclic) bond motifs is 1. The van der Waals surface area contributed by atoms with Crippen molar-refractivity contribution in [3.63, 3.8) is 0 Å². The predicted molar refractivity (Wildman–Crippen MR) is 119 cm³/mol. The summed E-state index contributed by atoms with van der Waals surface area (Å²) in [4.78, 5) is -0.934. The Morgan fingerprint density at radius 1 is 0.886 bits per heavy atom.